The quantitative estimate of drug-likeness (QED) is 0.765. The van der Waals surface area contributed by atoms with Crippen molar-refractivity contribution in [3.8, 4) is 0 Å². The molecular formula is C14H22O5. The van der Waals surface area contributed by atoms with E-state index >= 15 is 0 Å². The highest BCUT2D eigenvalue weighted by Crippen LogP contribution is 2.69. The van der Waals surface area contributed by atoms with Crippen LogP contribution in [0.4, 0.5) is 0 Å². The van der Waals surface area contributed by atoms with Gasteiger partial charge < -0.3 is 14.6 Å². The highest BCUT2D eigenvalue weighted by atomic mass is 16.6. The highest BCUT2D eigenvalue weighted by molar-refractivity contribution is 5.67. The van der Waals surface area contributed by atoms with Gasteiger partial charge >= 0.3 is 11.9 Å². The minimum Gasteiger partial charge on any atom is -0.462 e. The fourth-order valence-corrected chi connectivity index (χ4v) is 3.71. The Hall–Kier alpha value is -1.10. The lowest BCUT2D eigenvalue weighted by molar-refractivity contribution is -0.180. The van der Waals surface area contributed by atoms with E-state index in [1.807, 2.05) is 20.8 Å². The average Bonchev–Trinajstić information content (AvgIpc) is 2.68. The van der Waals surface area contributed by atoms with Crippen molar-refractivity contribution < 1.29 is 24.2 Å². The molecule has 19 heavy (non-hydrogen) atoms. The molecule has 0 radical (unpaired) electrons. The minimum atomic E-state index is -1.01. The summed E-state index contributed by atoms with van der Waals surface area (Å²) in [5.74, 6) is -0.988. The third kappa shape index (κ3) is 1.95. The van der Waals surface area contributed by atoms with Gasteiger partial charge in [0.15, 0.2) is 0 Å². The number of ether oxygens (including phenoxy) is 2. The van der Waals surface area contributed by atoms with Crippen LogP contribution in [0.1, 0.15) is 41.0 Å². The molecule has 0 amide bonds. The first kappa shape index (κ1) is 14.3. The first-order chi connectivity index (χ1) is 8.62. The normalized spacial score (nSPS) is 43.1. The van der Waals surface area contributed by atoms with Crippen molar-refractivity contribution in [1.82, 2.24) is 0 Å². The van der Waals surface area contributed by atoms with E-state index in [1.54, 1.807) is 0 Å². The van der Waals surface area contributed by atoms with Crippen molar-refractivity contribution >= 4 is 11.9 Å². The predicted molar refractivity (Wildman–Crippen MR) is 67.1 cm³/mol. The van der Waals surface area contributed by atoms with Crippen LogP contribution >= 0.6 is 0 Å². The summed E-state index contributed by atoms with van der Waals surface area (Å²) >= 11 is 0. The molecule has 1 N–H and O–H groups in total. The van der Waals surface area contributed by atoms with Crippen LogP contribution < -0.4 is 0 Å². The van der Waals surface area contributed by atoms with Gasteiger partial charge in [0.1, 0.15) is 17.8 Å². The SMILES string of the molecule is CC(=O)O[C@H]1CC2C(C)(C)[C@]2(O)[C@H](OC(C)=O)[C@H]1C. The smallest absolute Gasteiger partial charge is 0.303 e. The summed E-state index contributed by atoms with van der Waals surface area (Å²) in [5, 5.41) is 10.8. The molecule has 0 aromatic heterocycles. The van der Waals surface area contributed by atoms with Crippen LogP contribution in [0.15, 0.2) is 0 Å². The fourth-order valence-electron chi connectivity index (χ4n) is 3.71. The summed E-state index contributed by atoms with van der Waals surface area (Å²) < 4.78 is 10.6. The molecule has 108 valence electrons. The molecule has 5 heteroatoms. The largest absolute Gasteiger partial charge is 0.462 e. The number of hydrogen-bond donors (Lipinski definition) is 1. The van der Waals surface area contributed by atoms with Crippen LogP contribution in [0.2, 0.25) is 0 Å². The zero-order chi connectivity index (χ0) is 14.6. The number of rotatable bonds is 2. The van der Waals surface area contributed by atoms with E-state index in [1.165, 1.54) is 13.8 Å². The Balaban J connectivity index is 2.26. The maximum absolute atomic E-state index is 11.3. The molecule has 2 saturated carbocycles. The Kier molecular flexibility index (Phi) is 3.16. The van der Waals surface area contributed by atoms with Crippen molar-refractivity contribution in [3.63, 3.8) is 0 Å². The predicted octanol–water partition coefficient (Wildman–Crippen LogP) is 1.28. The fraction of sp³-hybridized carbons (Fsp3) is 0.857. The first-order valence-corrected chi connectivity index (χ1v) is 6.69. The van der Waals surface area contributed by atoms with E-state index < -0.39 is 17.7 Å². The van der Waals surface area contributed by atoms with Crippen molar-refractivity contribution in [3.05, 3.63) is 0 Å². The average molecular weight is 270 g/mol. The number of aliphatic hydroxyl groups is 1. The molecule has 5 nitrogen and oxygen atoms in total. The molecule has 2 rings (SSSR count). The summed E-state index contributed by atoms with van der Waals surface area (Å²) in [7, 11) is 0. The third-order valence-corrected chi connectivity index (χ3v) is 4.93. The first-order valence-electron chi connectivity index (χ1n) is 6.69. The molecule has 2 fully saturated rings. The van der Waals surface area contributed by atoms with E-state index in [4.69, 9.17) is 9.47 Å². The highest BCUT2D eigenvalue weighted by Gasteiger charge is 2.78. The maximum atomic E-state index is 11.3. The van der Waals surface area contributed by atoms with Gasteiger partial charge in [-0.2, -0.15) is 0 Å². The van der Waals surface area contributed by atoms with Gasteiger partial charge in [-0.15, -0.1) is 0 Å². The molecule has 0 aliphatic heterocycles. The zero-order valence-corrected chi connectivity index (χ0v) is 12.1. The second-order valence-corrected chi connectivity index (χ2v) is 6.37. The van der Waals surface area contributed by atoms with Crippen molar-refractivity contribution in [2.24, 2.45) is 17.3 Å². The van der Waals surface area contributed by atoms with Gasteiger partial charge in [0.05, 0.1) is 0 Å². The van der Waals surface area contributed by atoms with Crippen LogP contribution in [0, 0.1) is 17.3 Å². The summed E-state index contributed by atoms with van der Waals surface area (Å²) in [6.07, 6.45) is -0.320. The zero-order valence-electron chi connectivity index (χ0n) is 12.1. The summed E-state index contributed by atoms with van der Waals surface area (Å²) in [5.41, 5.74) is -1.33. The van der Waals surface area contributed by atoms with Crippen LogP contribution in [0.25, 0.3) is 0 Å². The second-order valence-electron chi connectivity index (χ2n) is 6.37. The molecule has 5 atom stereocenters. The van der Waals surface area contributed by atoms with E-state index in [-0.39, 0.29) is 29.3 Å². The molecule has 0 saturated heterocycles. The molecule has 0 spiro atoms. The number of fused-ring (bicyclic) bond motifs is 1. The van der Waals surface area contributed by atoms with Gasteiger partial charge in [-0.05, 0) is 6.42 Å². The van der Waals surface area contributed by atoms with Gasteiger partial charge in [0.25, 0.3) is 0 Å². The Morgan fingerprint density at radius 1 is 1.16 bits per heavy atom. The Morgan fingerprint density at radius 2 is 1.68 bits per heavy atom. The Bertz CT molecular complexity index is 416. The number of hydrogen-bond acceptors (Lipinski definition) is 5. The molecule has 0 aromatic carbocycles. The summed E-state index contributed by atoms with van der Waals surface area (Å²) in [6.45, 7) is 8.46. The second kappa shape index (κ2) is 4.20. The minimum absolute atomic E-state index is 0.00935. The number of carbonyl (C=O) groups excluding carboxylic acids is 2. The van der Waals surface area contributed by atoms with Crippen molar-refractivity contribution in [1.29, 1.82) is 0 Å². The molecule has 0 heterocycles. The maximum Gasteiger partial charge on any atom is 0.303 e. The Morgan fingerprint density at radius 3 is 2.16 bits per heavy atom. The van der Waals surface area contributed by atoms with E-state index in [0.717, 1.165) is 0 Å². The van der Waals surface area contributed by atoms with Crippen molar-refractivity contribution in [2.75, 3.05) is 0 Å². The number of esters is 2. The summed E-state index contributed by atoms with van der Waals surface area (Å²) in [6, 6.07) is 0. The molecular weight excluding hydrogens is 248 g/mol. The molecule has 2 aliphatic carbocycles. The van der Waals surface area contributed by atoms with Crippen LogP contribution in [0.3, 0.4) is 0 Å². The van der Waals surface area contributed by atoms with E-state index in [0.29, 0.717) is 6.42 Å². The molecule has 0 bridgehead atoms. The van der Waals surface area contributed by atoms with Crippen molar-refractivity contribution in [2.45, 2.75) is 58.8 Å². The Labute approximate surface area is 113 Å². The molecule has 0 aromatic rings. The van der Waals surface area contributed by atoms with Gasteiger partial charge in [-0.1, -0.05) is 20.8 Å². The standard InChI is InChI=1S/C14H22O5/c1-7-10(18-8(2)15)6-11-13(4,5)14(11,17)12(7)19-9(3)16/h7,10-12,17H,6H2,1-5H3/t7-,10-,11?,12+,14+/m0/s1. The molecule has 1 unspecified atom stereocenters. The van der Waals surface area contributed by atoms with Gasteiger partial charge in [0.2, 0.25) is 0 Å². The lowest BCUT2D eigenvalue weighted by Crippen LogP contribution is -2.50. The summed E-state index contributed by atoms with van der Waals surface area (Å²) in [4.78, 5) is 22.4. The molecule has 2 aliphatic rings. The third-order valence-electron chi connectivity index (χ3n) is 4.93. The monoisotopic (exact) mass is 270 g/mol. The van der Waals surface area contributed by atoms with E-state index in [9.17, 15) is 14.7 Å². The topological polar surface area (TPSA) is 72.8 Å². The van der Waals surface area contributed by atoms with Gasteiger partial charge in [-0.3, -0.25) is 9.59 Å². The number of carbonyl (C=O) groups is 2. The lowest BCUT2D eigenvalue weighted by Gasteiger charge is -2.38. The van der Waals surface area contributed by atoms with Gasteiger partial charge in [0, 0.05) is 31.1 Å². The van der Waals surface area contributed by atoms with Crippen LogP contribution in [-0.2, 0) is 19.1 Å². The van der Waals surface area contributed by atoms with Crippen LogP contribution in [-0.4, -0.2) is 34.9 Å². The van der Waals surface area contributed by atoms with Crippen LogP contribution in [0.5, 0.6) is 0 Å². The van der Waals surface area contributed by atoms with Gasteiger partial charge in [-0.25, -0.2) is 0 Å². The van der Waals surface area contributed by atoms with E-state index in [2.05, 4.69) is 0 Å². The lowest BCUT2D eigenvalue weighted by atomic mass is 9.82.